The molecule has 1 amide bonds. The first-order valence-corrected chi connectivity index (χ1v) is 11.8. The van der Waals surface area contributed by atoms with Crippen LogP contribution in [0.15, 0.2) is 24.3 Å². The van der Waals surface area contributed by atoms with E-state index in [2.05, 4.69) is 32.1 Å². The molecular weight excluding hydrogens is 443 g/mol. The molecule has 4 rings (SSSR count). The first kappa shape index (κ1) is 23.2. The predicted octanol–water partition coefficient (Wildman–Crippen LogP) is 5.42. The number of amides is 1. The van der Waals surface area contributed by atoms with Crippen LogP contribution in [0.4, 0.5) is 10.1 Å². The van der Waals surface area contributed by atoms with Gasteiger partial charge in [0.15, 0.2) is 5.82 Å². The van der Waals surface area contributed by atoms with E-state index in [1.165, 1.54) is 12.1 Å². The van der Waals surface area contributed by atoms with Crippen LogP contribution in [0, 0.1) is 12.7 Å². The van der Waals surface area contributed by atoms with Crippen LogP contribution in [0.25, 0.3) is 17.5 Å². The fraction of sp³-hybridized carbons (Fsp3) is 0.417. The fourth-order valence-electron chi connectivity index (χ4n) is 4.00. The molecule has 0 aliphatic carbocycles. The second-order valence-corrected chi connectivity index (χ2v) is 8.64. The van der Waals surface area contributed by atoms with Crippen molar-refractivity contribution in [1.29, 1.82) is 0 Å². The number of carbonyl (C=O) groups excluding carboxylic acids is 1. The van der Waals surface area contributed by atoms with Crippen molar-refractivity contribution in [3.05, 3.63) is 52.3 Å². The van der Waals surface area contributed by atoms with E-state index in [1.54, 1.807) is 22.9 Å². The Bertz CT molecular complexity index is 1180. The summed E-state index contributed by atoms with van der Waals surface area (Å²) in [6, 6.07) is 4.60. The predicted molar refractivity (Wildman–Crippen MR) is 128 cm³/mol. The number of aromatic nitrogens is 5. The van der Waals surface area contributed by atoms with Crippen molar-refractivity contribution >= 4 is 29.3 Å². The highest BCUT2D eigenvalue weighted by molar-refractivity contribution is 6.31. The summed E-state index contributed by atoms with van der Waals surface area (Å²) in [5.41, 5.74) is 2.23. The van der Waals surface area contributed by atoms with E-state index in [-0.39, 0.29) is 5.69 Å². The molecule has 7 nitrogen and oxygen atoms in total. The SMILES string of the molecule is CCCCn1nc(C)c(/C=C/C(=O)Nc2cc(-c3nnc4n3CCCCC4)ccc2F)c1Cl. The molecule has 174 valence electrons. The number of nitrogens with one attached hydrogen (secondary N) is 1. The number of benzene rings is 1. The Morgan fingerprint density at radius 1 is 1.27 bits per heavy atom. The van der Waals surface area contributed by atoms with Crippen molar-refractivity contribution < 1.29 is 9.18 Å². The summed E-state index contributed by atoms with van der Waals surface area (Å²) in [5.74, 6) is 0.674. The van der Waals surface area contributed by atoms with Crippen LogP contribution in [-0.4, -0.2) is 30.5 Å². The molecule has 0 saturated heterocycles. The zero-order valence-electron chi connectivity index (χ0n) is 18.9. The Kier molecular flexibility index (Phi) is 7.23. The molecule has 3 aromatic rings. The summed E-state index contributed by atoms with van der Waals surface area (Å²) in [6.45, 7) is 5.51. The summed E-state index contributed by atoms with van der Waals surface area (Å²) >= 11 is 6.42. The minimum absolute atomic E-state index is 0.0922. The summed E-state index contributed by atoms with van der Waals surface area (Å²) < 4.78 is 18.3. The van der Waals surface area contributed by atoms with Gasteiger partial charge in [0.05, 0.1) is 11.4 Å². The van der Waals surface area contributed by atoms with E-state index < -0.39 is 11.7 Å². The number of aryl methyl sites for hydroxylation is 3. The first-order chi connectivity index (χ1) is 16.0. The molecule has 0 atom stereocenters. The zero-order valence-corrected chi connectivity index (χ0v) is 19.7. The molecular formula is C24H28ClFN6O. The second-order valence-electron chi connectivity index (χ2n) is 8.29. The number of carbonyl (C=O) groups is 1. The first-order valence-electron chi connectivity index (χ1n) is 11.4. The van der Waals surface area contributed by atoms with Crippen molar-refractivity contribution in [1.82, 2.24) is 24.5 Å². The van der Waals surface area contributed by atoms with Gasteiger partial charge in [0.25, 0.3) is 0 Å². The van der Waals surface area contributed by atoms with Crippen LogP contribution in [0.2, 0.25) is 5.15 Å². The number of rotatable bonds is 7. The van der Waals surface area contributed by atoms with Crippen LogP contribution >= 0.6 is 11.6 Å². The smallest absolute Gasteiger partial charge is 0.248 e. The lowest BCUT2D eigenvalue weighted by Gasteiger charge is -2.09. The van der Waals surface area contributed by atoms with Crippen molar-refractivity contribution in [2.24, 2.45) is 0 Å². The normalized spacial score (nSPS) is 13.8. The summed E-state index contributed by atoms with van der Waals surface area (Å²) in [6.07, 6.45) is 9.15. The minimum Gasteiger partial charge on any atom is -0.320 e. The van der Waals surface area contributed by atoms with Crippen molar-refractivity contribution in [2.45, 2.75) is 65.5 Å². The standard InChI is InChI=1S/C24H28ClFN6O/c1-3-4-14-32-23(25)18(16(2)30-32)10-12-22(33)27-20-15-17(9-11-19(20)26)24-29-28-21-8-6-5-7-13-31(21)24/h9-12,15H,3-8,13-14H2,1-2H3,(H,27,33)/b12-10+. The molecule has 1 aliphatic heterocycles. The highest BCUT2D eigenvalue weighted by Crippen LogP contribution is 2.27. The maximum absolute atomic E-state index is 14.5. The van der Waals surface area contributed by atoms with Crippen LogP contribution in [-0.2, 0) is 24.3 Å². The second kappa shape index (κ2) is 10.3. The van der Waals surface area contributed by atoms with Crippen LogP contribution in [0.3, 0.4) is 0 Å². The lowest BCUT2D eigenvalue weighted by atomic mass is 10.1. The van der Waals surface area contributed by atoms with Gasteiger partial charge in [-0.05, 0) is 50.5 Å². The van der Waals surface area contributed by atoms with Gasteiger partial charge in [0.1, 0.15) is 16.8 Å². The largest absolute Gasteiger partial charge is 0.320 e. The Hall–Kier alpha value is -3.00. The molecule has 2 aromatic heterocycles. The molecule has 1 aromatic carbocycles. The molecule has 9 heteroatoms. The Morgan fingerprint density at radius 3 is 2.94 bits per heavy atom. The third kappa shape index (κ3) is 5.16. The van der Waals surface area contributed by atoms with Crippen LogP contribution in [0.1, 0.15) is 56.1 Å². The van der Waals surface area contributed by atoms with E-state index in [0.29, 0.717) is 22.1 Å². The lowest BCUT2D eigenvalue weighted by Crippen LogP contribution is -2.10. The van der Waals surface area contributed by atoms with Gasteiger partial charge in [-0.3, -0.25) is 9.48 Å². The van der Waals surface area contributed by atoms with E-state index >= 15 is 0 Å². The lowest BCUT2D eigenvalue weighted by molar-refractivity contribution is -0.111. The maximum Gasteiger partial charge on any atom is 0.248 e. The molecule has 33 heavy (non-hydrogen) atoms. The van der Waals surface area contributed by atoms with Gasteiger partial charge in [-0.25, -0.2) is 4.39 Å². The van der Waals surface area contributed by atoms with Crippen molar-refractivity contribution in [3.8, 4) is 11.4 Å². The van der Waals surface area contributed by atoms with Gasteiger partial charge in [-0.15, -0.1) is 10.2 Å². The van der Waals surface area contributed by atoms with Gasteiger partial charge in [-0.1, -0.05) is 31.4 Å². The quantitative estimate of drug-likeness (QED) is 0.467. The van der Waals surface area contributed by atoms with Gasteiger partial charge in [-0.2, -0.15) is 5.10 Å². The monoisotopic (exact) mass is 470 g/mol. The highest BCUT2D eigenvalue weighted by Gasteiger charge is 2.18. The Balaban J connectivity index is 1.52. The molecule has 1 N–H and O–H groups in total. The topological polar surface area (TPSA) is 77.6 Å². The highest BCUT2D eigenvalue weighted by atomic mass is 35.5. The van der Waals surface area contributed by atoms with Crippen LogP contribution < -0.4 is 5.32 Å². The third-order valence-electron chi connectivity index (χ3n) is 5.83. The van der Waals surface area contributed by atoms with Gasteiger partial charge in [0.2, 0.25) is 5.91 Å². The molecule has 3 heterocycles. The maximum atomic E-state index is 14.5. The molecule has 0 fully saturated rings. The van der Waals surface area contributed by atoms with E-state index in [4.69, 9.17) is 11.6 Å². The fourth-order valence-corrected chi connectivity index (χ4v) is 4.33. The molecule has 0 radical (unpaired) electrons. The number of hydrogen-bond donors (Lipinski definition) is 1. The number of anilines is 1. The number of nitrogens with zero attached hydrogens (tertiary/aromatic N) is 5. The van der Waals surface area contributed by atoms with Gasteiger partial charge < -0.3 is 9.88 Å². The average molecular weight is 471 g/mol. The molecule has 0 saturated carbocycles. The van der Waals surface area contributed by atoms with Gasteiger partial charge >= 0.3 is 0 Å². The van der Waals surface area contributed by atoms with Gasteiger partial charge in [0, 0.05) is 36.7 Å². The van der Waals surface area contributed by atoms with E-state index in [9.17, 15) is 9.18 Å². The third-order valence-corrected chi connectivity index (χ3v) is 6.22. The average Bonchev–Trinajstić information content (AvgIpc) is 3.21. The Morgan fingerprint density at radius 2 is 2.12 bits per heavy atom. The molecule has 1 aliphatic rings. The summed E-state index contributed by atoms with van der Waals surface area (Å²) in [7, 11) is 0. The molecule has 0 bridgehead atoms. The van der Waals surface area contributed by atoms with Crippen molar-refractivity contribution in [3.63, 3.8) is 0 Å². The molecule has 0 unspecified atom stereocenters. The minimum atomic E-state index is -0.516. The summed E-state index contributed by atoms with van der Waals surface area (Å²) in [4.78, 5) is 12.5. The Labute approximate surface area is 197 Å². The molecule has 0 spiro atoms. The zero-order chi connectivity index (χ0) is 23.4. The summed E-state index contributed by atoms with van der Waals surface area (Å²) in [5, 5.41) is 16.2. The number of hydrogen-bond acceptors (Lipinski definition) is 4. The van der Waals surface area contributed by atoms with Crippen molar-refractivity contribution in [2.75, 3.05) is 5.32 Å². The number of fused-ring (bicyclic) bond motifs is 1. The van der Waals surface area contributed by atoms with Crippen LogP contribution in [0.5, 0.6) is 0 Å². The van der Waals surface area contributed by atoms with E-state index in [0.717, 1.165) is 63.1 Å². The van der Waals surface area contributed by atoms with E-state index in [1.807, 2.05) is 6.92 Å². The number of unbranched alkanes of at least 4 members (excludes halogenated alkanes) is 1. The number of halogens is 2.